The van der Waals surface area contributed by atoms with Crippen molar-refractivity contribution in [2.24, 2.45) is 0 Å². The summed E-state index contributed by atoms with van der Waals surface area (Å²) in [6, 6.07) is 11.3. The van der Waals surface area contributed by atoms with Gasteiger partial charge in [-0.1, -0.05) is 32.9 Å². The van der Waals surface area contributed by atoms with Gasteiger partial charge >= 0.3 is 5.97 Å². The van der Waals surface area contributed by atoms with Crippen LogP contribution >= 0.6 is 0 Å². The van der Waals surface area contributed by atoms with E-state index in [4.69, 9.17) is 4.74 Å². The molecule has 0 heterocycles. The highest BCUT2D eigenvalue weighted by Gasteiger charge is 2.20. The summed E-state index contributed by atoms with van der Waals surface area (Å²) in [4.78, 5) is 36.6. The summed E-state index contributed by atoms with van der Waals surface area (Å²) in [5.41, 5.74) is 1.96. The average molecular weight is 399 g/mol. The third-order valence-electron chi connectivity index (χ3n) is 4.26. The number of esters is 1. The predicted molar refractivity (Wildman–Crippen MR) is 111 cm³/mol. The van der Waals surface area contributed by atoms with E-state index in [1.165, 1.54) is 12.1 Å². The summed E-state index contributed by atoms with van der Waals surface area (Å²) in [7, 11) is 3.40. The highest BCUT2D eigenvalue weighted by molar-refractivity contribution is 5.99. The molecule has 154 valence electrons. The minimum atomic E-state index is -0.810. The SMILES string of the molecule is CN(C)c1ccc([N+](=O)[O-])cc1C(=O)OCC(=O)Nc1ccc(C(C)(C)C)cc1. The van der Waals surface area contributed by atoms with Crippen molar-refractivity contribution in [1.82, 2.24) is 0 Å². The number of nitrogens with one attached hydrogen (secondary N) is 1. The molecule has 0 aliphatic rings. The van der Waals surface area contributed by atoms with Crippen molar-refractivity contribution < 1.29 is 19.2 Å². The third kappa shape index (κ3) is 5.78. The molecule has 1 amide bonds. The molecule has 2 rings (SSSR count). The number of ether oxygens (including phenoxy) is 1. The lowest BCUT2D eigenvalue weighted by Crippen LogP contribution is -2.22. The van der Waals surface area contributed by atoms with E-state index >= 15 is 0 Å². The van der Waals surface area contributed by atoms with Gasteiger partial charge in [-0.15, -0.1) is 0 Å². The van der Waals surface area contributed by atoms with E-state index in [0.717, 1.165) is 11.6 Å². The molecule has 0 atom stereocenters. The minimum absolute atomic E-state index is 0.000505. The van der Waals surface area contributed by atoms with Crippen LogP contribution in [0.5, 0.6) is 0 Å². The van der Waals surface area contributed by atoms with Gasteiger partial charge in [0.15, 0.2) is 6.61 Å². The van der Waals surface area contributed by atoms with Crippen molar-refractivity contribution in [3.8, 4) is 0 Å². The van der Waals surface area contributed by atoms with E-state index in [1.54, 1.807) is 31.1 Å². The molecule has 8 nitrogen and oxygen atoms in total. The van der Waals surface area contributed by atoms with Crippen molar-refractivity contribution in [2.75, 3.05) is 30.9 Å². The number of nitro groups is 1. The number of hydrogen-bond donors (Lipinski definition) is 1. The quantitative estimate of drug-likeness (QED) is 0.451. The molecule has 0 radical (unpaired) electrons. The van der Waals surface area contributed by atoms with Gasteiger partial charge < -0.3 is 15.0 Å². The van der Waals surface area contributed by atoms with Crippen molar-refractivity contribution in [3.63, 3.8) is 0 Å². The van der Waals surface area contributed by atoms with E-state index < -0.39 is 23.4 Å². The first-order valence-corrected chi connectivity index (χ1v) is 9.02. The Kier molecular flexibility index (Phi) is 6.58. The number of rotatable bonds is 6. The first-order chi connectivity index (χ1) is 13.5. The fourth-order valence-corrected chi connectivity index (χ4v) is 2.65. The molecule has 0 aliphatic carbocycles. The smallest absolute Gasteiger partial charge is 0.341 e. The van der Waals surface area contributed by atoms with Gasteiger partial charge in [0.1, 0.15) is 0 Å². The fraction of sp³-hybridized carbons (Fsp3) is 0.333. The number of nitrogens with zero attached hydrogens (tertiary/aromatic N) is 2. The van der Waals surface area contributed by atoms with Gasteiger partial charge in [0.2, 0.25) is 0 Å². The molecule has 29 heavy (non-hydrogen) atoms. The van der Waals surface area contributed by atoms with Crippen LogP contribution in [-0.4, -0.2) is 37.5 Å². The number of nitro benzene ring substituents is 1. The number of amides is 1. The van der Waals surface area contributed by atoms with E-state index in [2.05, 4.69) is 26.1 Å². The molecule has 2 aromatic carbocycles. The highest BCUT2D eigenvalue weighted by Crippen LogP contribution is 2.25. The summed E-state index contributed by atoms with van der Waals surface area (Å²) in [5.74, 6) is -1.31. The number of benzene rings is 2. The highest BCUT2D eigenvalue weighted by atomic mass is 16.6. The molecule has 8 heteroatoms. The fourth-order valence-electron chi connectivity index (χ4n) is 2.65. The second-order valence-electron chi connectivity index (χ2n) is 7.80. The Bertz CT molecular complexity index is 915. The van der Waals surface area contributed by atoms with Crippen LogP contribution in [0.4, 0.5) is 17.1 Å². The Hall–Kier alpha value is -3.42. The van der Waals surface area contributed by atoms with Gasteiger partial charge in [-0.25, -0.2) is 4.79 Å². The average Bonchev–Trinajstić information content (AvgIpc) is 2.65. The van der Waals surface area contributed by atoms with Crippen LogP contribution in [0.1, 0.15) is 36.7 Å². The lowest BCUT2D eigenvalue weighted by Gasteiger charge is -2.19. The van der Waals surface area contributed by atoms with E-state index in [-0.39, 0.29) is 16.7 Å². The van der Waals surface area contributed by atoms with Gasteiger partial charge in [0.05, 0.1) is 16.2 Å². The van der Waals surface area contributed by atoms with E-state index in [1.807, 2.05) is 12.1 Å². The van der Waals surface area contributed by atoms with Gasteiger partial charge in [-0.2, -0.15) is 0 Å². The lowest BCUT2D eigenvalue weighted by molar-refractivity contribution is -0.384. The number of anilines is 2. The first-order valence-electron chi connectivity index (χ1n) is 9.02. The van der Waals surface area contributed by atoms with Gasteiger partial charge in [-0.05, 0) is 29.2 Å². The Balaban J connectivity index is 2.04. The number of carbonyl (C=O) groups excluding carboxylic acids is 2. The Morgan fingerprint density at radius 3 is 2.24 bits per heavy atom. The molecular formula is C21H25N3O5. The summed E-state index contributed by atoms with van der Waals surface area (Å²) >= 11 is 0. The Morgan fingerprint density at radius 1 is 1.10 bits per heavy atom. The normalized spacial score (nSPS) is 10.9. The van der Waals surface area contributed by atoms with Gasteiger partial charge in [-0.3, -0.25) is 14.9 Å². The number of hydrogen-bond acceptors (Lipinski definition) is 6. The van der Waals surface area contributed by atoms with Crippen LogP contribution in [0.25, 0.3) is 0 Å². The second-order valence-corrected chi connectivity index (χ2v) is 7.80. The third-order valence-corrected chi connectivity index (χ3v) is 4.26. The molecule has 0 saturated heterocycles. The number of carbonyl (C=O) groups is 2. The van der Waals surface area contributed by atoms with Crippen molar-refractivity contribution in [2.45, 2.75) is 26.2 Å². The van der Waals surface area contributed by atoms with Gasteiger partial charge in [0, 0.05) is 31.9 Å². The predicted octanol–water partition coefficient (Wildman–Crippen LogP) is 3.75. The van der Waals surface area contributed by atoms with Crippen LogP contribution in [0.3, 0.4) is 0 Å². The standard InChI is InChI=1S/C21H25N3O5/c1-21(2,3)14-6-8-15(9-7-14)22-19(25)13-29-20(26)17-12-16(24(27)28)10-11-18(17)23(4)5/h6-12H,13H2,1-5H3,(H,22,25). The molecule has 2 aromatic rings. The molecule has 0 fully saturated rings. The second kappa shape index (κ2) is 8.72. The Morgan fingerprint density at radius 2 is 1.72 bits per heavy atom. The van der Waals surface area contributed by atoms with Crippen LogP contribution in [0.15, 0.2) is 42.5 Å². The van der Waals surface area contributed by atoms with Crippen molar-refractivity contribution in [1.29, 1.82) is 0 Å². The lowest BCUT2D eigenvalue weighted by atomic mass is 9.87. The first kappa shape index (κ1) is 21.9. The zero-order valence-electron chi connectivity index (χ0n) is 17.2. The minimum Gasteiger partial charge on any atom is -0.452 e. The van der Waals surface area contributed by atoms with Gasteiger partial charge in [0.25, 0.3) is 11.6 Å². The molecule has 0 bridgehead atoms. The summed E-state index contributed by atoms with van der Waals surface area (Å²) in [5, 5.41) is 13.6. The summed E-state index contributed by atoms with van der Waals surface area (Å²) in [6.07, 6.45) is 0. The van der Waals surface area contributed by atoms with Crippen LogP contribution in [0.2, 0.25) is 0 Å². The molecular weight excluding hydrogens is 374 g/mol. The zero-order chi connectivity index (χ0) is 21.8. The Labute approximate surface area is 169 Å². The molecule has 0 saturated carbocycles. The molecule has 0 spiro atoms. The topological polar surface area (TPSA) is 102 Å². The largest absolute Gasteiger partial charge is 0.452 e. The van der Waals surface area contributed by atoms with E-state index in [0.29, 0.717) is 11.4 Å². The maximum atomic E-state index is 12.4. The number of non-ortho nitro benzene ring substituents is 1. The zero-order valence-corrected chi connectivity index (χ0v) is 17.2. The monoisotopic (exact) mass is 399 g/mol. The molecule has 1 N–H and O–H groups in total. The van der Waals surface area contributed by atoms with Crippen molar-refractivity contribution >= 4 is 28.9 Å². The maximum absolute atomic E-state index is 12.4. The molecule has 0 aliphatic heterocycles. The molecule has 0 unspecified atom stereocenters. The molecule has 0 aromatic heterocycles. The van der Waals surface area contributed by atoms with Crippen LogP contribution < -0.4 is 10.2 Å². The van der Waals surface area contributed by atoms with Crippen LogP contribution in [-0.2, 0) is 14.9 Å². The summed E-state index contributed by atoms with van der Waals surface area (Å²) in [6.45, 7) is 5.78. The maximum Gasteiger partial charge on any atom is 0.341 e. The van der Waals surface area contributed by atoms with Crippen LogP contribution in [0, 0.1) is 10.1 Å². The summed E-state index contributed by atoms with van der Waals surface area (Å²) < 4.78 is 5.07. The van der Waals surface area contributed by atoms with E-state index in [9.17, 15) is 19.7 Å². The van der Waals surface area contributed by atoms with Crippen molar-refractivity contribution in [3.05, 3.63) is 63.7 Å².